The first kappa shape index (κ1) is 25.3. The fourth-order valence-corrected chi connectivity index (χ4v) is 9.29. The summed E-state index contributed by atoms with van der Waals surface area (Å²) in [7, 11) is -1.79. The van der Waals surface area contributed by atoms with Crippen molar-refractivity contribution in [3.63, 3.8) is 0 Å². The molecule has 1 heterocycles. The molecule has 4 fully saturated rings. The molecular weight excluding hydrogens is 498 g/mol. The first-order chi connectivity index (χ1) is 17.2. The third-order valence-corrected chi connectivity index (χ3v) is 11.6. The van der Waals surface area contributed by atoms with Crippen molar-refractivity contribution in [3.05, 3.63) is 41.6 Å². The van der Waals surface area contributed by atoms with Crippen molar-refractivity contribution in [3.8, 4) is 5.69 Å². The quantitative estimate of drug-likeness (QED) is 0.407. The minimum atomic E-state index is -3.14. The number of aromatic nitrogens is 2. The van der Waals surface area contributed by atoms with Gasteiger partial charge in [-0.25, -0.2) is 17.9 Å². The number of hydrogen-bond donors (Lipinski definition) is 1. The van der Waals surface area contributed by atoms with Gasteiger partial charge >= 0.3 is 5.97 Å². The molecule has 8 nitrogen and oxygen atoms in total. The fourth-order valence-electron chi connectivity index (χ4n) is 6.74. The molecule has 2 atom stereocenters. The van der Waals surface area contributed by atoms with Crippen molar-refractivity contribution in [1.82, 2.24) is 15.1 Å². The number of sulfone groups is 1. The first-order valence-electron chi connectivity index (χ1n) is 12.6. The summed E-state index contributed by atoms with van der Waals surface area (Å²) in [6.45, 7) is 2.09. The Hall–Kier alpha value is -2.33. The predicted octanol–water partition coefficient (Wildman–Crippen LogP) is 3.88. The van der Waals surface area contributed by atoms with Gasteiger partial charge in [-0.15, -0.1) is 11.8 Å². The van der Waals surface area contributed by atoms with Gasteiger partial charge in [-0.1, -0.05) is 6.92 Å². The van der Waals surface area contributed by atoms with Gasteiger partial charge in [0.05, 0.1) is 34.9 Å². The van der Waals surface area contributed by atoms with Crippen molar-refractivity contribution in [2.45, 2.75) is 61.3 Å². The highest BCUT2D eigenvalue weighted by molar-refractivity contribution is 7.99. The smallest absolute Gasteiger partial charge is 0.337 e. The Labute approximate surface area is 216 Å². The second-order valence-corrected chi connectivity index (χ2v) is 14.1. The van der Waals surface area contributed by atoms with Crippen molar-refractivity contribution >= 4 is 33.5 Å². The zero-order chi connectivity index (χ0) is 25.7. The van der Waals surface area contributed by atoms with Crippen LogP contribution in [0, 0.1) is 17.8 Å². The predicted molar refractivity (Wildman–Crippen MR) is 138 cm³/mol. The van der Waals surface area contributed by atoms with Crippen LogP contribution in [0.5, 0.6) is 0 Å². The third kappa shape index (κ3) is 4.36. The molecule has 0 aliphatic heterocycles. The number of carbonyl (C=O) groups is 2. The molecule has 4 bridgehead atoms. The second kappa shape index (κ2) is 9.52. The molecule has 10 heteroatoms. The number of nitrogens with zero attached hydrogens (tertiary/aromatic N) is 2. The normalized spacial score (nSPS) is 28.8. The van der Waals surface area contributed by atoms with Crippen LogP contribution in [0.4, 0.5) is 0 Å². The van der Waals surface area contributed by atoms with E-state index >= 15 is 0 Å². The molecule has 0 spiro atoms. The minimum Gasteiger partial charge on any atom is -0.465 e. The van der Waals surface area contributed by atoms with E-state index in [1.165, 1.54) is 13.4 Å². The van der Waals surface area contributed by atoms with E-state index in [2.05, 4.69) is 17.3 Å². The first-order valence-corrected chi connectivity index (χ1v) is 15.4. The number of thioether (sulfide) groups is 1. The van der Waals surface area contributed by atoms with Gasteiger partial charge in [-0.2, -0.15) is 5.10 Å². The molecule has 0 saturated heterocycles. The average molecular weight is 532 g/mol. The molecule has 1 amide bonds. The van der Waals surface area contributed by atoms with E-state index in [4.69, 9.17) is 4.74 Å². The van der Waals surface area contributed by atoms with Gasteiger partial charge in [0.1, 0.15) is 5.03 Å². The van der Waals surface area contributed by atoms with Crippen LogP contribution in [0.25, 0.3) is 5.69 Å². The van der Waals surface area contributed by atoms with Gasteiger partial charge in [-0.3, -0.25) is 4.79 Å². The number of methoxy groups -OCH3 is 1. The van der Waals surface area contributed by atoms with Crippen molar-refractivity contribution in [2.24, 2.45) is 17.8 Å². The standard InChI is InChI=1S/C26H33N3O5S2/c1-4-9-35-24-21(15-27-29(24)20-7-5-17(6-8-20)25(31)34-2)23(30)28-22-18-10-16-11-19(22)14-26(12-16,13-18)36(3,32)33/h5-8,15-16,18-19,22H,4,9-14H2,1-3H3,(H,28,30). The molecule has 4 aliphatic rings. The Balaban J connectivity index is 1.39. The van der Waals surface area contributed by atoms with Crippen LogP contribution in [0.2, 0.25) is 0 Å². The van der Waals surface area contributed by atoms with Crippen LogP contribution in [-0.4, -0.2) is 60.0 Å². The van der Waals surface area contributed by atoms with Crippen molar-refractivity contribution in [1.29, 1.82) is 0 Å². The van der Waals surface area contributed by atoms with E-state index in [1.54, 1.807) is 46.9 Å². The summed E-state index contributed by atoms with van der Waals surface area (Å²) in [4.78, 5) is 25.4. The lowest BCUT2D eigenvalue weighted by Crippen LogP contribution is -2.63. The van der Waals surface area contributed by atoms with Crippen molar-refractivity contribution in [2.75, 3.05) is 19.1 Å². The summed E-state index contributed by atoms with van der Waals surface area (Å²) in [6.07, 6.45) is 7.98. The number of hydrogen-bond acceptors (Lipinski definition) is 7. The highest BCUT2D eigenvalue weighted by Crippen LogP contribution is 2.58. The van der Waals surface area contributed by atoms with E-state index in [0.717, 1.165) is 42.1 Å². The highest BCUT2D eigenvalue weighted by Gasteiger charge is 2.59. The Morgan fingerprint density at radius 2 is 1.83 bits per heavy atom. The largest absolute Gasteiger partial charge is 0.465 e. The molecular formula is C26H33N3O5S2. The summed E-state index contributed by atoms with van der Waals surface area (Å²) in [6, 6.07) is 6.95. The van der Waals surface area contributed by atoms with E-state index in [9.17, 15) is 18.0 Å². The maximum atomic E-state index is 13.6. The minimum absolute atomic E-state index is 0.00404. The topological polar surface area (TPSA) is 107 Å². The van der Waals surface area contributed by atoms with E-state index in [1.807, 2.05) is 0 Å². The number of ether oxygens (including phenoxy) is 1. The van der Waals surface area contributed by atoms with Crippen LogP contribution in [0.15, 0.2) is 35.5 Å². The summed E-state index contributed by atoms with van der Waals surface area (Å²) in [5, 5.41) is 8.58. The highest BCUT2D eigenvalue weighted by atomic mass is 32.2. The molecule has 4 aliphatic carbocycles. The molecule has 6 rings (SSSR count). The lowest BCUT2D eigenvalue weighted by atomic mass is 9.53. The average Bonchev–Trinajstić information content (AvgIpc) is 3.27. The number of carbonyl (C=O) groups excluding carboxylic acids is 2. The lowest BCUT2D eigenvalue weighted by Gasteiger charge is -2.59. The van der Waals surface area contributed by atoms with Crippen molar-refractivity contribution < 1.29 is 22.7 Å². The van der Waals surface area contributed by atoms with Crippen LogP contribution in [0.3, 0.4) is 0 Å². The number of esters is 1. The molecule has 4 saturated carbocycles. The molecule has 194 valence electrons. The van der Waals surface area contributed by atoms with Gasteiger partial charge in [0.15, 0.2) is 9.84 Å². The molecule has 1 N–H and O–H groups in total. The second-order valence-electron chi connectivity index (χ2n) is 10.6. The Kier molecular flexibility index (Phi) is 6.70. The fraction of sp³-hybridized carbons (Fsp3) is 0.577. The number of nitrogens with one attached hydrogen (secondary N) is 1. The SMILES string of the molecule is CCCSc1c(C(=O)NC2C3CC4CC2CC(S(C)(=O)=O)(C4)C3)cnn1-c1ccc(C(=O)OC)cc1. The zero-order valence-corrected chi connectivity index (χ0v) is 22.5. The van der Waals surface area contributed by atoms with Crippen LogP contribution in [0.1, 0.15) is 66.2 Å². The number of amides is 1. The maximum absolute atomic E-state index is 13.6. The maximum Gasteiger partial charge on any atom is 0.337 e. The summed E-state index contributed by atoms with van der Waals surface area (Å²) >= 11 is 1.58. The summed E-state index contributed by atoms with van der Waals surface area (Å²) in [5.74, 6) is 1.11. The molecule has 1 aromatic heterocycles. The van der Waals surface area contributed by atoms with Crippen LogP contribution in [-0.2, 0) is 14.6 Å². The third-order valence-electron chi connectivity index (χ3n) is 8.25. The zero-order valence-electron chi connectivity index (χ0n) is 20.9. The number of rotatable bonds is 8. The molecule has 1 aromatic carbocycles. The van der Waals surface area contributed by atoms with E-state index < -0.39 is 20.6 Å². The van der Waals surface area contributed by atoms with Gasteiger partial charge in [0, 0.05) is 12.3 Å². The Morgan fingerprint density at radius 3 is 2.42 bits per heavy atom. The molecule has 36 heavy (non-hydrogen) atoms. The molecule has 2 unspecified atom stereocenters. The van der Waals surface area contributed by atoms with Crippen LogP contribution >= 0.6 is 11.8 Å². The van der Waals surface area contributed by atoms with Gasteiger partial charge < -0.3 is 10.1 Å². The Morgan fingerprint density at radius 1 is 1.17 bits per heavy atom. The van der Waals surface area contributed by atoms with Crippen LogP contribution < -0.4 is 5.32 Å². The van der Waals surface area contributed by atoms with Gasteiger partial charge in [0.25, 0.3) is 5.91 Å². The van der Waals surface area contributed by atoms with Gasteiger partial charge in [-0.05, 0) is 86.3 Å². The summed E-state index contributed by atoms with van der Waals surface area (Å²) in [5.41, 5.74) is 1.73. The Bertz CT molecular complexity index is 1250. The lowest BCUT2D eigenvalue weighted by molar-refractivity contribution is 0.000225. The van der Waals surface area contributed by atoms with Gasteiger partial charge in [0.2, 0.25) is 0 Å². The van der Waals surface area contributed by atoms with E-state index in [-0.39, 0.29) is 23.8 Å². The molecule has 2 aromatic rings. The summed E-state index contributed by atoms with van der Waals surface area (Å²) < 4.78 is 31.3. The number of benzene rings is 1. The monoisotopic (exact) mass is 531 g/mol. The van der Waals surface area contributed by atoms with E-state index in [0.29, 0.717) is 29.9 Å². The molecule has 0 radical (unpaired) electrons.